The molecule has 0 amide bonds. The summed E-state index contributed by atoms with van der Waals surface area (Å²) >= 11 is 0. The van der Waals surface area contributed by atoms with Gasteiger partial charge in [-0.05, 0) is 23.8 Å². The van der Waals surface area contributed by atoms with Crippen LogP contribution in [0.25, 0.3) is 0 Å². The highest BCUT2D eigenvalue weighted by Crippen LogP contribution is 2.20. The van der Waals surface area contributed by atoms with Gasteiger partial charge in [0.15, 0.2) is 11.6 Å². The SMILES string of the molecule is O=S(=O)(N[C@@H](CN1CCOCC1)c1ccccc1)c1ccc(F)c(F)c1. The zero-order valence-electron chi connectivity index (χ0n) is 14.1. The third-order valence-electron chi connectivity index (χ3n) is 4.25. The summed E-state index contributed by atoms with van der Waals surface area (Å²) < 4.78 is 59.9. The summed E-state index contributed by atoms with van der Waals surface area (Å²) in [5.41, 5.74) is 0.796. The predicted molar refractivity (Wildman–Crippen MR) is 93.1 cm³/mol. The van der Waals surface area contributed by atoms with Gasteiger partial charge in [-0.3, -0.25) is 4.90 Å². The van der Waals surface area contributed by atoms with E-state index in [1.165, 1.54) is 0 Å². The minimum atomic E-state index is -4.01. The molecule has 1 aliphatic heterocycles. The zero-order valence-corrected chi connectivity index (χ0v) is 14.9. The van der Waals surface area contributed by atoms with Gasteiger partial charge in [0, 0.05) is 19.6 Å². The van der Waals surface area contributed by atoms with Crippen LogP contribution >= 0.6 is 0 Å². The van der Waals surface area contributed by atoms with Crippen LogP contribution in [0.4, 0.5) is 8.78 Å². The van der Waals surface area contributed by atoms with Crippen LogP contribution in [0.1, 0.15) is 11.6 Å². The molecule has 2 aromatic rings. The molecular formula is C18H20F2N2O3S. The molecule has 0 aromatic heterocycles. The summed E-state index contributed by atoms with van der Waals surface area (Å²) in [6, 6.07) is 11.2. The molecule has 26 heavy (non-hydrogen) atoms. The Labute approximate surface area is 151 Å². The number of rotatable bonds is 6. The first kappa shape index (κ1) is 18.9. The van der Waals surface area contributed by atoms with Gasteiger partial charge < -0.3 is 4.74 Å². The Bertz CT molecular complexity index is 841. The quantitative estimate of drug-likeness (QED) is 0.833. The lowest BCUT2D eigenvalue weighted by molar-refractivity contribution is 0.0345. The average Bonchev–Trinajstić information content (AvgIpc) is 2.65. The number of benzene rings is 2. The topological polar surface area (TPSA) is 58.6 Å². The van der Waals surface area contributed by atoms with Crippen molar-refractivity contribution in [1.29, 1.82) is 0 Å². The Morgan fingerprint density at radius 1 is 1.04 bits per heavy atom. The number of halogens is 2. The molecular weight excluding hydrogens is 362 g/mol. The highest BCUT2D eigenvalue weighted by molar-refractivity contribution is 7.89. The molecule has 0 spiro atoms. The lowest BCUT2D eigenvalue weighted by Gasteiger charge is -2.31. The van der Waals surface area contributed by atoms with Crippen LogP contribution in [0.2, 0.25) is 0 Å². The first-order chi connectivity index (χ1) is 12.5. The van der Waals surface area contributed by atoms with Crippen molar-refractivity contribution in [2.45, 2.75) is 10.9 Å². The molecule has 140 valence electrons. The molecule has 1 heterocycles. The molecule has 0 aliphatic carbocycles. The molecule has 1 atom stereocenters. The largest absolute Gasteiger partial charge is 0.379 e. The molecule has 1 aliphatic rings. The second kappa shape index (κ2) is 8.22. The van der Waals surface area contributed by atoms with Crippen LogP contribution in [-0.4, -0.2) is 46.2 Å². The number of hydrogen-bond donors (Lipinski definition) is 1. The van der Waals surface area contributed by atoms with Crippen molar-refractivity contribution >= 4 is 10.0 Å². The summed E-state index contributed by atoms with van der Waals surface area (Å²) in [6.07, 6.45) is 0. The Morgan fingerprint density at radius 3 is 2.38 bits per heavy atom. The summed E-state index contributed by atoms with van der Waals surface area (Å²) in [6.45, 7) is 3.05. The molecule has 3 rings (SSSR count). The third kappa shape index (κ3) is 4.64. The molecule has 8 heteroatoms. The molecule has 0 radical (unpaired) electrons. The molecule has 1 N–H and O–H groups in total. The van der Waals surface area contributed by atoms with Crippen molar-refractivity contribution in [2.24, 2.45) is 0 Å². The van der Waals surface area contributed by atoms with Gasteiger partial charge in [-0.25, -0.2) is 21.9 Å². The van der Waals surface area contributed by atoms with Crippen LogP contribution in [0.3, 0.4) is 0 Å². The van der Waals surface area contributed by atoms with E-state index >= 15 is 0 Å². The normalized spacial score (nSPS) is 17.2. The molecule has 0 unspecified atom stereocenters. The van der Waals surface area contributed by atoms with Crippen LogP contribution in [-0.2, 0) is 14.8 Å². The number of hydrogen-bond acceptors (Lipinski definition) is 4. The second-order valence-electron chi connectivity index (χ2n) is 6.07. The van der Waals surface area contributed by atoms with Gasteiger partial charge in [-0.15, -0.1) is 0 Å². The van der Waals surface area contributed by atoms with E-state index < -0.39 is 27.7 Å². The highest BCUT2D eigenvalue weighted by atomic mass is 32.2. The van der Waals surface area contributed by atoms with Crippen LogP contribution in [0.5, 0.6) is 0 Å². The van der Waals surface area contributed by atoms with E-state index in [-0.39, 0.29) is 4.90 Å². The van der Waals surface area contributed by atoms with Crippen LogP contribution in [0.15, 0.2) is 53.4 Å². The fourth-order valence-corrected chi connectivity index (χ4v) is 4.06. The van der Waals surface area contributed by atoms with Crippen molar-refractivity contribution in [3.05, 3.63) is 65.7 Å². The zero-order chi connectivity index (χ0) is 18.6. The molecule has 0 saturated carbocycles. The smallest absolute Gasteiger partial charge is 0.241 e. The number of sulfonamides is 1. The Kier molecular flexibility index (Phi) is 5.98. The molecule has 1 fully saturated rings. The third-order valence-corrected chi connectivity index (χ3v) is 5.71. The average molecular weight is 382 g/mol. The number of ether oxygens (including phenoxy) is 1. The van der Waals surface area contributed by atoms with Gasteiger partial charge in [-0.1, -0.05) is 30.3 Å². The van der Waals surface area contributed by atoms with E-state index in [4.69, 9.17) is 4.74 Å². The molecule has 0 bridgehead atoms. The standard InChI is InChI=1S/C18H20F2N2O3S/c19-16-7-6-15(12-17(16)20)26(23,24)21-18(14-4-2-1-3-5-14)13-22-8-10-25-11-9-22/h1-7,12,18,21H,8-11,13H2/t18-/m0/s1. The summed E-state index contributed by atoms with van der Waals surface area (Å²) in [4.78, 5) is 1.80. The van der Waals surface area contributed by atoms with Crippen LogP contribution < -0.4 is 4.72 Å². The maximum absolute atomic E-state index is 13.5. The van der Waals surface area contributed by atoms with E-state index in [0.717, 1.165) is 17.7 Å². The summed E-state index contributed by atoms with van der Waals surface area (Å²) in [5, 5.41) is 0. The van der Waals surface area contributed by atoms with E-state index in [0.29, 0.717) is 38.9 Å². The Hall–Kier alpha value is -1.87. The summed E-state index contributed by atoms with van der Waals surface area (Å²) in [5.74, 6) is -2.28. The monoisotopic (exact) mass is 382 g/mol. The van der Waals surface area contributed by atoms with Gasteiger partial charge >= 0.3 is 0 Å². The van der Waals surface area contributed by atoms with E-state index in [1.54, 1.807) is 0 Å². The van der Waals surface area contributed by atoms with Crippen molar-refractivity contribution < 1.29 is 21.9 Å². The van der Waals surface area contributed by atoms with E-state index in [2.05, 4.69) is 9.62 Å². The van der Waals surface area contributed by atoms with Crippen LogP contribution in [0, 0.1) is 11.6 Å². The lowest BCUT2D eigenvalue weighted by Crippen LogP contribution is -2.43. The Balaban J connectivity index is 1.85. The first-order valence-electron chi connectivity index (χ1n) is 8.28. The van der Waals surface area contributed by atoms with Gasteiger partial charge in [0.1, 0.15) is 0 Å². The maximum atomic E-state index is 13.5. The predicted octanol–water partition coefficient (Wildman–Crippen LogP) is 2.32. The molecule has 1 saturated heterocycles. The molecule has 5 nitrogen and oxygen atoms in total. The fourth-order valence-electron chi connectivity index (χ4n) is 2.84. The van der Waals surface area contributed by atoms with E-state index in [9.17, 15) is 17.2 Å². The van der Waals surface area contributed by atoms with Crippen molar-refractivity contribution in [1.82, 2.24) is 9.62 Å². The first-order valence-corrected chi connectivity index (χ1v) is 9.76. The number of morpholine rings is 1. The minimum Gasteiger partial charge on any atom is -0.379 e. The van der Waals surface area contributed by atoms with Crippen molar-refractivity contribution in [2.75, 3.05) is 32.8 Å². The highest BCUT2D eigenvalue weighted by Gasteiger charge is 2.25. The number of nitrogens with one attached hydrogen (secondary N) is 1. The lowest BCUT2D eigenvalue weighted by atomic mass is 10.1. The number of nitrogens with zero attached hydrogens (tertiary/aromatic N) is 1. The van der Waals surface area contributed by atoms with E-state index in [1.807, 2.05) is 30.3 Å². The van der Waals surface area contributed by atoms with Gasteiger partial charge in [0.2, 0.25) is 10.0 Å². The van der Waals surface area contributed by atoms with Crippen molar-refractivity contribution in [3.8, 4) is 0 Å². The maximum Gasteiger partial charge on any atom is 0.241 e. The minimum absolute atomic E-state index is 0.306. The van der Waals surface area contributed by atoms with Gasteiger partial charge in [0.05, 0.1) is 24.2 Å². The van der Waals surface area contributed by atoms with Gasteiger partial charge in [0.25, 0.3) is 0 Å². The van der Waals surface area contributed by atoms with Crippen molar-refractivity contribution in [3.63, 3.8) is 0 Å². The van der Waals surface area contributed by atoms with Gasteiger partial charge in [-0.2, -0.15) is 0 Å². The fraction of sp³-hybridized carbons (Fsp3) is 0.333. The summed E-state index contributed by atoms with van der Waals surface area (Å²) in [7, 11) is -4.01. The Morgan fingerprint density at radius 2 is 1.73 bits per heavy atom. The second-order valence-corrected chi connectivity index (χ2v) is 7.79. The molecule has 2 aromatic carbocycles.